The summed E-state index contributed by atoms with van der Waals surface area (Å²) in [5, 5.41) is 3.54. The van der Waals surface area contributed by atoms with Crippen LogP contribution in [-0.4, -0.2) is 18.5 Å². The number of thiophene rings is 1. The number of anilines is 1. The van der Waals surface area contributed by atoms with Crippen molar-refractivity contribution in [2.75, 3.05) is 11.9 Å². The number of ether oxygens (including phenoxy) is 1. The first-order chi connectivity index (χ1) is 11.7. The number of aromatic nitrogens is 1. The number of hydrogen-bond acceptors (Lipinski definition) is 4. The molecule has 2 heterocycles. The molecule has 1 aliphatic carbocycles. The number of amides is 1. The van der Waals surface area contributed by atoms with E-state index in [1.54, 1.807) is 11.5 Å². The molecular weight excluding hydrogens is 360 g/mol. The summed E-state index contributed by atoms with van der Waals surface area (Å²) in [6, 6.07) is 5.66. The van der Waals surface area contributed by atoms with Crippen molar-refractivity contribution in [3.63, 3.8) is 0 Å². The second kappa shape index (κ2) is 8.97. The minimum absolute atomic E-state index is 0. The van der Waals surface area contributed by atoms with E-state index >= 15 is 0 Å². The Bertz CT molecular complexity index is 746. The molecule has 2 aromatic rings. The monoisotopic (exact) mass is 380 g/mol. The molecule has 3 rings (SSSR count). The molecule has 0 unspecified atom stereocenters. The van der Waals surface area contributed by atoms with Crippen molar-refractivity contribution in [3.05, 3.63) is 46.6 Å². The maximum atomic E-state index is 12.4. The Labute approximate surface area is 157 Å². The fraction of sp³-hybridized carbons (Fsp3) is 0.389. The van der Waals surface area contributed by atoms with Crippen LogP contribution in [0.1, 0.15) is 40.6 Å². The van der Waals surface area contributed by atoms with Crippen molar-refractivity contribution < 1.29 is 31.3 Å². The average molecular weight is 381 g/mol. The van der Waals surface area contributed by atoms with Crippen molar-refractivity contribution in [2.24, 2.45) is 0 Å². The molecule has 0 aromatic carbocycles. The lowest BCUT2D eigenvalue weighted by Gasteiger charge is -2.12. The molecule has 0 radical (unpaired) electrons. The lowest BCUT2D eigenvalue weighted by molar-refractivity contribution is -0.684. The molecule has 2 aromatic heterocycles. The smallest absolute Gasteiger partial charge is 0.341 e. The summed E-state index contributed by atoms with van der Waals surface area (Å²) in [5.41, 5.74) is 1.62. The number of aryl methyl sites for hydroxylation is 1. The zero-order valence-electron chi connectivity index (χ0n) is 14.1. The van der Waals surface area contributed by atoms with Crippen molar-refractivity contribution >= 4 is 28.2 Å². The van der Waals surface area contributed by atoms with Gasteiger partial charge >= 0.3 is 5.97 Å². The highest BCUT2D eigenvalue weighted by Crippen LogP contribution is 2.38. The Balaban J connectivity index is 0.00000225. The summed E-state index contributed by atoms with van der Waals surface area (Å²) in [6.45, 7) is 2.34. The van der Waals surface area contributed by atoms with E-state index in [2.05, 4.69) is 5.32 Å². The number of pyridine rings is 1. The van der Waals surface area contributed by atoms with E-state index in [-0.39, 0.29) is 30.8 Å². The van der Waals surface area contributed by atoms with Crippen LogP contribution in [0, 0.1) is 0 Å². The Morgan fingerprint density at radius 1 is 1.20 bits per heavy atom. The van der Waals surface area contributed by atoms with Crippen LogP contribution in [0.25, 0.3) is 0 Å². The lowest BCUT2D eigenvalue weighted by atomic mass is 9.95. The van der Waals surface area contributed by atoms with Crippen LogP contribution >= 0.6 is 11.3 Å². The molecule has 0 bridgehead atoms. The second-order valence-corrected chi connectivity index (χ2v) is 6.84. The third-order valence-corrected chi connectivity index (χ3v) is 5.21. The van der Waals surface area contributed by atoms with Crippen LogP contribution in [0.5, 0.6) is 0 Å². The predicted molar refractivity (Wildman–Crippen MR) is 92.2 cm³/mol. The van der Waals surface area contributed by atoms with Gasteiger partial charge in [0.05, 0.1) is 12.2 Å². The van der Waals surface area contributed by atoms with Gasteiger partial charge in [0.1, 0.15) is 5.00 Å². The number of fused-ring (bicyclic) bond motifs is 1. The van der Waals surface area contributed by atoms with Gasteiger partial charge in [-0.05, 0) is 38.2 Å². The topological polar surface area (TPSA) is 59.3 Å². The zero-order chi connectivity index (χ0) is 16.9. The minimum atomic E-state index is -0.334. The Morgan fingerprint density at radius 3 is 2.64 bits per heavy atom. The van der Waals surface area contributed by atoms with E-state index in [9.17, 15) is 9.59 Å². The first-order valence-electron chi connectivity index (χ1n) is 8.24. The van der Waals surface area contributed by atoms with Gasteiger partial charge in [-0.25, -0.2) is 4.79 Å². The van der Waals surface area contributed by atoms with Crippen LogP contribution in [0.3, 0.4) is 0 Å². The highest BCUT2D eigenvalue weighted by Gasteiger charge is 2.27. The predicted octanol–water partition coefficient (Wildman–Crippen LogP) is -0.266. The molecule has 0 saturated heterocycles. The zero-order valence-corrected chi connectivity index (χ0v) is 15.7. The Kier molecular flexibility index (Phi) is 6.96. The molecular formula is C18H21ClN2O3S. The molecule has 7 heteroatoms. The first-order valence-corrected chi connectivity index (χ1v) is 9.06. The SMILES string of the molecule is CCOC(=O)c1c(NC(=O)C[n+]2ccccc2)sc2c1CCCC2.[Cl-]. The molecule has 5 nitrogen and oxygen atoms in total. The minimum Gasteiger partial charge on any atom is -1.00 e. The van der Waals surface area contributed by atoms with Crippen LogP contribution in [0.2, 0.25) is 0 Å². The Morgan fingerprint density at radius 2 is 1.92 bits per heavy atom. The number of rotatable bonds is 5. The van der Waals surface area contributed by atoms with Gasteiger partial charge in [-0.2, -0.15) is 4.57 Å². The number of carbonyl (C=O) groups is 2. The molecule has 0 fully saturated rings. The molecule has 0 saturated carbocycles. The fourth-order valence-electron chi connectivity index (χ4n) is 2.94. The summed E-state index contributed by atoms with van der Waals surface area (Å²) in [5.74, 6) is -0.477. The number of esters is 1. The largest absolute Gasteiger partial charge is 1.00 e. The number of carbonyl (C=O) groups excluding carboxylic acids is 2. The average Bonchev–Trinajstić information content (AvgIpc) is 2.93. The van der Waals surface area contributed by atoms with Gasteiger partial charge in [0, 0.05) is 17.0 Å². The van der Waals surface area contributed by atoms with Gasteiger partial charge in [0.2, 0.25) is 6.54 Å². The number of nitrogens with zero attached hydrogens (tertiary/aromatic N) is 1. The van der Waals surface area contributed by atoms with Crippen molar-refractivity contribution in [3.8, 4) is 0 Å². The normalized spacial score (nSPS) is 12.7. The Hall–Kier alpha value is -1.92. The van der Waals surface area contributed by atoms with E-state index in [0.717, 1.165) is 31.2 Å². The summed E-state index contributed by atoms with van der Waals surface area (Å²) >= 11 is 1.51. The highest BCUT2D eigenvalue weighted by molar-refractivity contribution is 7.17. The van der Waals surface area contributed by atoms with Gasteiger partial charge < -0.3 is 22.5 Å². The van der Waals surface area contributed by atoms with E-state index in [1.807, 2.05) is 30.6 Å². The van der Waals surface area contributed by atoms with Crippen LogP contribution in [0.15, 0.2) is 30.6 Å². The number of nitrogens with one attached hydrogen (secondary N) is 1. The first kappa shape index (κ1) is 19.4. The van der Waals surface area contributed by atoms with Gasteiger partial charge in [0.25, 0.3) is 5.91 Å². The number of halogens is 1. The van der Waals surface area contributed by atoms with Gasteiger partial charge in [0.15, 0.2) is 12.4 Å². The maximum absolute atomic E-state index is 12.4. The fourth-order valence-corrected chi connectivity index (χ4v) is 4.24. The lowest BCUT2D eigenvalue weighted by Crippen LogP contribution is -3.00. The van der Waals surface area contributed by atoms with E-state index < -0.39 is 0 Å². The van der Waals surface area contributed by atoms with Crippen LogP contribution < -0.4 is 22.3 Å². The van der Waals surface area contributed by atoms with E-state index in [1.165, 1.54) is 16.2 Å². The summed E-state index contributed by atoms with van der Waals surface area (Å²) in [7, 11) is 0. The van der Waals surface area contributed by atoms with Crippen LogP contribution in [0.4, 0.5) is 5.00 Å². The summed E-state index contributed by atoms with van der Waals surface area (Å²) in [6.07, 6.45) is 7.72. The molecule has 1 aliphatic rings. The van der Waals surface area contributed by atoms with Crippen molar-refractivity contribution in [1.29, 1.82) is 0 Å². The van der Waals surface area contributed by atoms with Crippen molar-refractivity contribution in [1.82, 2.24) is 0 Å². The van der Waals surface area contributed by atoms with Crippen LogP contribution in [-0.2, 0) is 28.9 Å². The van der Waals surface area contributed by atoms with E-state index in [0.29, 0.717) is 17.2 Å². The van der Waals surface area contributed by atoms with Gasteiger partial charge in [-0.3, -0.25) is 4.79 Å². The molecule has 0 atom stereocenters. The second-order valence-electron chi connectivity index (χ2n) is 5.73. The standard InChI is InChI=1S/C18H20N2O3S.ClH/c1-2-23-18(22)16-13-8-4-5-9-14(13)24-17(16)19-15(21)12-20-10-6-3-7-11-20;/h3,6-7,10-11H,2,4-5,8-9,12H2,1H3;1H. The van der Waals surface area contributed by atoms with E-state index in [4.69, 9.17) is 4.74 Å². The summed E-state index contributed by atoms with van der Waals surface area (Å²) < 4.78 is 7.00. The van der Waals surface area contributed by atoms with Gasteiger partial charge in [-0.1, -0.05) is 6.07 Å². The maximum Gasteiger partial charge on any atom is 0.341 e. The third kappa shape index (κ3) is 4.58. The van der Waals surface area contributed by atoms with Crippen molar-refractivity contribution in [2.45, 2.75) is 39.2 Å². The number of hydrogen-bond donors (Lipinski definition) is 1. The third-order valence-electron chi connectivity index (χ3n) is 4.01. The molecule has 0 spiro atoms. The molecule has 0 aliphatic heterocycles. The molecule has 25 heavy (non-hydrogen) atoms. The molecule has 1 N–H and O–H groups in total. The molecule has 1 amide bonds. The van der Waals surface area contributed by atoms with Gasteiger partial charge in [-0.15, -0.1) is 11.3 Å². The summed E-state index contributed by atoms with van der Waals surface area (Å²) in [4.78, 5) is 25.9. The quantitative estimate of drug-likeness (QED) is 0.574. The highest BCUT2D eigenvalue weighted by atomic mass is 35.5. The molecule has 134 valence electrons.